The van der Waals surface area contributed by atoms with Crippen molar-refractivity contribution in [2.75, 3.05) is 7.05 Å². The summed E-state index contributed by atoms with van der Waals surface area (Å²) in [6, 6.07) is 6.09. The molecule has 1 aromatic rings. The summed E-state index contributed by atoms with van der Waals surface area (Å²) in [7, 11) is 1.95. The van der Waals surface area contributed by atoms with Crippen LogP contribution in [0.15, 0.2) is 18.2 Å². The molecule has 1 rings (SSSR count). The Morgan fingerprint density at radius 3 is 2.21 bits per heavy atom. The van der Waals surface area contributed by atoms with Gasteiger partial charge in [0.05, 0.1) is 10.0 Å². The van der Waals surface area contributed by atoms with Gasteiger partial charge in [0.2, 0.25) is 0 Å². The molecule has 3 heteroatoms. The molecule has 0 aromatic heterocycles. The summed E-state index contributed by atoms with van der Waals surface area (Å²) in [6.45, 7) is 4.34. The Hall–Kier alpha value is -0.240. The van der Waals surface area contributed by atoms with Crippen LogP contribution in [0.2, 0.25) is 10.0 Å². The molecule has 14 heavy (non-hydrogen) atoms. The third-order valence-electron chi connectivity index (χ3n) is 2.28. The van der Waals surface area contributed by atoms with E-state index in [2.05, 4.69) is 19.2 Å². The molecule has 0 radical (unpaired) electrons. The van der Waals surface area contributed by atoms with Crippen LogP contribution in [0.5, 0.6) is 0 Å². The van der Waals surface area contributed by atoms with E-state index in [1.807, 2.05) is 25.2 Å². The fraction of sp³-hybridized carbons (Fsp3) is 0.455. The van der Waals surface area contributed by atoms with E-state index in [1.54, 1.807) is 0 Å². The highest BCUT2D eigenvalue weighted by Crippen LogP contribution is 2.28. The van der Waals surface area contributed by atoms with Crippen molar-refractivity contribution in [3.63, 3.8) is 0 Å². The lowest BCUT2D eigenvalue weighted by Gasteiger charge is -2.20. The van der Waals surface area contributed by atoms with Crippen molar-refractivity contribution in [2.24, 2.45) is 5.92 Å². The van der Waals surface area contributed by atoms with Crippen LogP contribution in [-0.2, 0) is 0 Å². The number of nitrogens with one attached hydrogen (secondary N) is 1. The number of hydrogen-bond donors (Lipinski definition) is 1. The maximum atomic E-state index is 5.96. The molecule has 1 aromatic carbocycles. The van der Waals surface area contributed by atoms with E-state index < -0.39 is 0 Å². The van der Waals surface area contributed by atoms with Crippen LogP contribution in [-0.4, -0.2) is 7.05 Å². The summed E-state index contributed by atoms with van der Waals surface area (Å²) < 4.78 is 0. The van der Waals surface area contributed by atoms with Crippen molar-refractivity contribution in [2.45, 2.75) is 19.9 Å². The fourth-order valence-corrected chi connectivity index (χ4v) is 1.90. The highest BCUT2D eigenvalue weighted by molar-refractivity contribution is 6.42. The van der Waals surface area contributed by atoms with Crippen LogP contribution in [0.1, 0.15) is 25.5 Å². The minimum Gasteiger partial charge on any atom is -0.313 e. The van der Waals surface area contributed by atoms with E-state index in [0.717, 1.165) is 0 Å². The SMILES string of the molecule is CNC(c1ccc(Cl)c(Cl)c1)C(C)C. The summed E-state index contributed by atoms with van der Waals surface area (Å²) in [5.74, 6) is 0.525. The van der Waals surface area contributed by atoms with Crippen LogP contribution < -0.4 is 5.32 Å². The molecular weight excluding hydrogens is 217 g/mol. The molecule has 0 saturated heterocycles. The lowest BCUT2D eigenvalue weighted by molar-refractivity contribution is 0.443. The summed E-state index contributed by atoms with van der Waals surface area (Å²) in [6.07, 6.45) is 0. The highest BCUT2D eigenvalue weighted by atomic mass is 35.5. The Morgan fingerprint density at radius 2 is 1.79 bits per heavy atom. The van der Waals surface area contributed by atoms with Gasteiger partial charge in [-0.2, -0.15) is 0 Å². The Morgan fingerprint density at radius 1 is 1.14 bits per heavy atom. The van der Waals surface area contributed by atoms with Gasteiger partial charge in [0, 0.05) is 6.04 Å². The molecule has 0 fully saturated rings. The largest absolute Gasteiger partial charge is 0.313 e. The van der Waals surface area contributed by atoms with Crippen molar-refractivity contribution in [3.05, 3.63) is 33.8 Å². The fourth-order valence-electron chi connectivity index (χ4n) is 1.59. The molecule has 1 unspecified atom stereocenters. The maximum absolute atomic E-state index is 5.96. The van der Waals surface area contributed by atoms with Gasteiger partial charge in [-0.05, 0) is 30.7 Å². The number of benzene rings is 1. The summed E-state index contributed by atoms with van der Waals surface area (Å²) in [4.78, 5) is 0. The lowest BCUT2D eigenvalue weighted by Crippen LogP contribution is -2.21. The molecule has 0 saturated carbocycles. The van der Waals surface area contributed by atoms with Crippen LogP contribution in [0.3, 0.4) is 0 Å². The zero-order chi connectivity index (χ0) is 10.7. The first kappa shape index (κ1) is 11.8. The van der Waals surface area contributed by atoms with E-state index in [1.165, 1.54) is 5.56 Å². The Balaban J connectivity index is 3.00. The average Bonchev–Trinajstić information content (AvgIpc) is 2.11. The smallest absolute Gasteiger partial charge is 0.0595 e. The molecule has 0 amide bonds. The van der Waals surface area contributed by atoms with Gasteiger partial charge < -0.3 is 5.32 Å². The first-order valence-electron chi connectivity index (χ1n) is 4.68. The average molecular weight is 232 g/mol. The van der Waals surface area contributed by atoms with E-state index in [-0.39, 0.29) is 0 Å². The molecule has 0 heterocycles. The van der Waals surface area contributed by atoms with E-state index >= 15 is 0 Å². The monoisotopic (exact) mass is 231 g/mol. The van der Waals surface area contributed by atoms with Gasteiger partial charge in [-0.1, -0.05) is 43.1 Å². The normalized spacial score (nSPS) is 13.3. The molecule has 0 aliphatic heterocycles. The first-order valence-corrected chi connectivity index (χ1v) is 5.44. The highest BCUT2D eigenvalue weighted by Gasteiger charge is 2.14. The predicted octanol–water partition coefficient (Wildman–Crippen LogP) is 3.91. The summed E-state index contributed by atoms with van der Waals surface area (Å²) in [5.41, 5.74) is 1.18. The third kappa shape index (κ3) is 2.63. The van der Waals surface area contributed by atoms with Gasteiger partial charge in [0.15, 0.2) is 0 Å². The third-order valence-corrected chi connectivity index (χ3v) is 3.02. The van der Waals surface area contributed by atoms with E-state index in [0.29, 0.717) is 22.0 Å². The maximum Gasteiger partial charge on any atom is 0.0595 e. The second-order valence-electron chi connectivity index (χ2n) is 3.68. The van der Waals surface area contributed by atoms with Gasteiger partial charge in [0.1, 0.15) is 0 Å². The molecular formula is C11H15Cl2N. The molecule has 0 bridgehead atoms. The Bertz CT molecular complexity index is 310. The van der Waals surface area contributed by atoms with Crippen LogP contribution in [0, 0.1) is 5.92 Å². The Kier molecular flexibility index (Phi) is 4.24. The standard InChI is InChI=1S/C11H15Cl2N/c1-7(2)11(14-3)8-4-5-9(12)10(13)6-8/h4-7,11,14H,1-3H3. The summed E-state index contributed by atoms with van der Waals surface area (Å²) in [5, 5.41) is 4.48. The van der Waals surface area contributed by atoms with Crippen LogP contribution in [0.25, 0.3) is 0 Å². The van der Waals surface area contributed by atoms with Crippen molar-refractivity contribution < 1.29 is 0 Å². The molecule has 1 N–H and O–H groups in total. The molecule has 0 aliphatic rings. The van der Waals surface area contributed by atoms with E-state index in [4.69, 9.17) is 23.2 Å². The minimum atomic E-state index is 0.324. The number of halogens is 2. The molecule has 78 valence electrons. The Labute approximate surface area is 95.4 Å². The first-order chi connectivity index (χ1) is 6.56. The van der Waals surface area contributed by atoms with Gasteiger partial charge in [0.25, 0.3) is 0 Å². The predicted molar refractivity (Wildman–Crippen MR) is 63.1 cm³/mol. The molecule has 1 nitrogen and oxygen atoms in total. The zero-order valence-electron chi connectivity index (χ0n) is 8.64. The van der Waals surface area contributed by atoms with Gasteiger partial charge >= 0.3 is 0 Å². The quantitative estimate of drug-likeness (QED) is 0.833. The van der Waals surface area contributed by atoms with Crippen molar-refractivity contribution in [3.8, 4) is 0 Å². The van der Waals surface area contributed by atoms with Gasteiger partial charge in [-0.25, -0.2) is 0 Å². The summed E-state index contributed by atoms with van der Waals surface area (Å²) >= 11 is 11.8. The van der Waals surface area contributed by atoms with Crippen LogP contribution >= 0.6 is 23.2 Å². The number of hydrogen-bond acceptors (Lipinski definition) is 1. The lowest BCUT2D eigenvalue weighted by atomic mass is 9.96. The number of rotatable bonds is 3. The van der Waals surface area contributed by atoms with Crippen molar-refractivity contribution in [1.29, 1.82) is 0 Å². The van der Waals surface area contributed by atoms with Crippen molar-refractivity contribution >= 4 is 23.2 Å². The molecule has 0 spiro atoms. The van der Waals surface area contributed by atoms with E-state index in [9.17, 15) is 0 Å². The minimum absolute atomic E-state index is 0.324. The topological polar surface area (TPSA) is 12.0 Å². The molecule has 0 aliphatic carbocycles. The zero-order valence-corrected chi connectivity index (χ0v) is 10.2. The van der Waals surface area contributed by atoms with Gasteiger partial charge in [-0.3, -0.25) is 0 Å². The molecule has 1 atom stereocenters. The second-order valence-corrected chi connectivity index (χ2v) is 4.50. The van der Waals surface area contributed by atoms with Crippen LogP contribution in [0.4, 0.5) is 0 Å². The second kappa shape index (κ2) is 5.01. The van der Waals surface area contributed by atoms with Gasteiger partial charge in [-0.15, -0.1) is 0 Å². The van der Waals surface area contributed by atoms with Crippen molar-refractivity contribution in [1.82, 2.24) is 5.32 Å².